The Morgan fingerprint density at radius 2 is 1.62 bits per heavy atom. The lowest BCUT2D eigenvalue weighted by Gasteiger charge is -2.36. The van der Waals surface area contributed by atoms with Gasteiger partial charge in [-0.3, -0.25) is 0 Å². The third-order valence-corrected chi connectivity index (χ3v) is 4.45. The van der Waals surface area contributed by atoms with Crippen molar-refractivity contribution in [2.45, 2.75) is 51.4 Å². The Morgan fingerprint density at radius 3 is 2.10 bits per heavy atom. The molecule has 1 atom stereocenters. The van der Waals surface area contributed by atoms with Crippen LogP contribution in [0.25, 0.3) is 0 Å². The minimum absolute atomic E-state index is 0.0286. The molecule has 1 unspecified atom stereocenters. The van der Waals surface area contributed by atoms with E-state index in [1.165, 1.54) is 31.2 Å². The lowest BCUT2D eigenvalue weighted by molar-refractivity contribution is 0.0432. The van der Waals surface area contributed by atoms with Crippen LogP contribution in [-0.2, 0) is 14.9 Å². The first-order valence-corrected chi connectivity index (χ1v) is 8.25. The summed E-state index contributed by atoms with van der Waals surface area (Å²) in [6, 6.07) is 10.7. The molecule has 1 aromatic rings. The Balaban J connectivity index is 2.99. The molecule has 0 saturated heterocycles. The van der Waals surface area contributed by atoms with E-state index in [1.807, 2.05) is 0 Å². The van der Waals surface area contributed by atoms with E-state index in [0.29, 0.717) is 13.2 Å². The van der Waals surface area contributed by atoms with Crippen LogP contribution < -0.4 is 0 Å². The molecule has 2 nitrogen and oxygen atoms in total. The standard InChI is InChI=1S/C19H32O2/c1-5-7-11-17(6-2)14-19(15-20-3,16-21-4)18-12-9-8-10-13-18/h8-10,12-13,17H,5-7,11,14-16H2,1-4H3. The normalized spacial score (nSPS) is 13.3. The van der Waals surface area contributed by atoms with E-state index in [0.717, 1.165) is 12.3 Å². The monoisotopic (exact) mass is 292 g/mol. The SMILES string of the molecule is CCCCC(CC)CC(COC)(COC)c1ccccc1. The number of hydrogen-bond acceptors (Lipinski definition) is 2. The summed E-state index contributed by atoms with van der Waals surface area (Å²) in [7, 11) is 3.58. The van der Waals surface area contributed by atoms with E-state index in [1.54, 1.807) is 14.2 Å². The molecule has 1 rings (SSSR count). The molecule has 0 aliphatic heterocycles. The first kappa shape index (κ1) is 18.2. The molecule has 0 radical (unpaired) electrons. The van der Waals surface area contributed by atoms with Gasteiger partial charge in [0.25, 0.3) is 0 Å². The van der Waals surface area contributed by atoms with Crippen LogP contribution in [-0.4, -0.2) is 27.4 Å². The third-order valence-electron chi connectivity index (χ3n) is 4.45. The number of hydrogen-bond donors (Lipinski definition) is 0. The number of ether oxygens (including phenoxy) is 2. The average Bonchev–Trinajstić information content (AvgIpc) is 2.52. The number of unbranched alkanes of at least 4 members (excludes halogenated alkanes) is 1. The highest BCUT2D eigenvalue weighted by Crippen LogP contribution is 2.35. The van der Waals surface area contributed by atoms with Crippen molar-refractivity contribution in [3.05, 3.63) is 35.9 Å². The predicted molar refractivity (Wildman–Crippen MR) is 89.8 cm³/mol. The van der Waals surface area contributed by atoms with Gasteiger partial charge in [-0.25, -0.2) is 0 Å². The summed E-state index contributed by atoms with van der Waals surface area (Å²) in [6.07, 6.45) is 6.24. The van der Waals surface area contributed by atoms with Crippen molar-refractivity contribution in [2.24, 2.45) is 5.92 Å². The molecule has 0 fully saturated rings. The van der Waals surface area contributed by atoms with Gasteiger partial charge >= 0.3 is 0 Å². The highest BCUT2D eigenvalue weighted by molar-refractivity contribution is 5.26. The Labute approximate surface area is 130 Å². The zero-order chi connectivity index (χ0) is 15.6. The van der Waals surface area contributed by atoms with Gasteiger partial charge < -0.3 is 9.47 Å². The molecule has 0 heterocycles. The lowest BCUT2D eigenvalue weighted by Crippen LogP contribution is -2.38. The second kappa shape index (κ2) is 9.97. The Bertz CT molecular complexity index is 355. The van der Waals surface area contributed by atoms with Crippen molar-refractivity contribution in [3.8, 4) is 0 Å². The topological polar surface area (TPSA) is 18.5 Å². The summed E-state index contributed by atoms with van der Waals surface area (Å²) in [6.45, 7) is 6.00. The second-order valence-electron chi connectivity index (χ2n) is 6.13. The lowest BCUT2D eigenvalue weighted by atomic mass is 9.73. The van der Waals surface area contributed by atoms with E-state index in [9.17, 15) is 0 Å². The highest BCUT2D eigenvalue weighted by atomic mass is 16.5. The van der Waals surface area contributed by atoms with Crippen molar-refractivity contribution in [2.75, 3.05) is 27.4 Å². The summed E-state index contributed by atoms with van der Waals surface area (Å²) in [5.41, 5.74) is 1.31. The maximum absolute atomic E-state index is 5.58. The van der Waals surface area contributed by atoms with Crippen LogP contribution in [0.2, 0.25) is 0 Å². The van der Waals surface area contributed by atoms with Crippen molar-refractivity contribution < 1.29 is 9.47 Å². The summed E-state index contributed by atoms with van der Waals surface area (Å²) in [5, 5.41) is 0. The molecule has 0 saturated carbocycles. The maximum Gasteiger partial charge on any atom is 0.0581 e. The van der Waals surface area contributed by atoms with Crippen LogP contribution in [0, 0.1) is 5.92 Å². The van der Waals surface area contributed by atoms with Crippen molar-refractivity contribution >= 4 is 0 Å². The molecule has 0 bridgehead atoms. The van der Waals surface area contributed by atoms with Crippen LogP contribution >= 0.6 is 0 Å². The molecule has 0 N–H and O–H groups in total. The number of methoxy groups -OCH3 is 2. The van der Waals surface area contributed by atoms with E-state index in [2.05, 4.69) is 44.2 Å². The first-order valence-electron chi connectivity index (χ1n) is 8.25. The van der Waals surface area contributed by atoms with Crippen LogP contribution in [0.15, 0.2) is 30.3 Å². The molecule has 0 aliphatic rings. The molecule has 0 aromatic heterocycles. The maximum atomic E-state index is 5.58. The van der Waals surface area contributed by atoms with E-state index in [-0.39, 0.29) is 5.41 Å². The van der Waals surface area contributed by atoms with Gasteiger partial charge in [0.15, 0.2) is 0 Å². The number of benzene rings is 1. The van der Waals surface area contributed by atoms with Gasteiger partial charge in [0, 0.05) is 19.6 Å². The molecular formula is C19H32O2. The number of rotatable bonds is 11. The summed E-state index contributed by atoms with van der Waals surface area (Å²) < 4.78 is 11.2. The van der Waals surface area contributed by atoms with Crippen molar-refractivity contribution in [3.63, 3.8) is 0 Å². The third kappa shape index (κ3) is 5.44. The summed E-state index contributed by atoms with van der Waals surface area (Å²) >= 11 is 0. The second-order valence-corrected chi connectivity index (χ2v) is 6.13. The van der Waals surface area contributed by atoms with Gasteiger partial charge in [-0.15, -0.1) is 0 Å². The van der Waals surface area contributed by atoms with Crippen LogP contribution in [0.1, 0.15) is 51.5 Å². The minimum Gasteiger partial charge on any atom is -0.384 e. The minimum atomic E-state index is -0.0286. The first-order chi connectivity index (χ1) is 10.2. The quantitative estimate of drug-likeness (QED) is 0.582. The Hall–Kier alpha value is -0.860. The summed E-state index contributed by atoms with van der Waals surface area (Å²) in [4.78, 5) is 0. The van der Waals surface area contributed by atoms with Crippen molar-refractivity contribution in [1.29, 1.82) is 0 Å². The fourth-order valence-electron chi connectivity index (χ4n) is 3.28. The van der Waals surface area contributed by atoms with Crippen LogP contribution in [0.3, 0.4) is 0 Å². The van der Waals surface area contributed by atoms with Gasteiger partial charge in [-0.05, 0) is 17.9 Å². The van der Waals surface area contributed by atoms with Gasteiger partial charge in [0.1, 0.15) is 0 Å². The van der Waals surface area contributed by atoms with Crippen molar-refractivity contribution in [1.82, 2.24) is 0 Å². The summed E-state index contributed by atoms with van der Waals surface area (Å²) in [5.74, 6) is 0.732. The van der Waals surface area contributed by atoms with E-state index < -0.39 is 0 Å². The smallest absolute Gasteiger partial charge is 0.0581 e. The zero-order valence-electron chi connectivity index (χ0n) is 14.2. The van der Waals surface area contributed by atoms with Gasteiger partial charge in [-0.2, -0.15) is 0 Å². The molecule has 0 amide bonds. The molecular weight excluding hydrogens is 260 g/mol. The Kier molecular flexibility index (Phi) is 8.63. The van der Waals surface area contributed by atoms with Crippen LogP contribution in [0.4, 0.5) is 0 Å². The molecule has 1 aromatic carbocycles. The molecule has 21 heavy (non-hydrogen) atoms. The highest BCUT2D eigenvalue weighted by Gasteiger charge is 2.34. The molecule has 0 spiro atoms. The van der Waals surface area contributed by atoms with Gasteiger partial charge in [0.05, 0.1) is 13.2 Å². The fraction of sp³-hybridized carbons (Fsp3) is 0.684. The Morgan fingerprint density at radius 1 is 1.00 bits per heavy atom. The van der Waals surface area contributed by atoms with Gasteiger partial charge in [-0.1, -0.05) is 69.9 Å². The average molecular weight is 292 g/mol. The fourth-order valence-corrected chi connectivity index (χ4v) is 3.28. The molecule has 0 aliphatic carbocycles. The predicted octanol–water partition coefficient (Wildman–Crippen LogP) is 4.82. The van der Waals surface area contributed by atoms with E-state index in [4.69, 9.17) is 9.47 Å². The largest absolute Gasteiger partial charge is 0.384 e. The zero-order valence-corrected chi connectivity index (χ0v) is 14.2. The van der Waals surface area contributed by atoms with Gasteiger partial charge in [0.2, 0.25) is 0 Å². The van der Waals surface area contributed by atoms with E-state index >= 15 is 0 Å². The molecule has 120 valence electrons. The molecule has 2 heteroatoms. The van der Waals surface area contributed by atoms with Crippen LogP contribution in [0.5, 0.6) is 0 Å².